The molecule has 0 spiro atoms. The first-order valence-electron chi connectivity index (χ1n) is 6.53. The molecule has 0 amide bonds. The van der Waals surface area contributed by atoms with Crippen LogP contribution in [0.5, 0.6) is 0 Å². The molecule has 6 heteroatoms. The Morgan fingerprint density at radius 3 is 2.17 bits per heavy atom. The molecule has 0 aromatic rings. The van der Waals surface area contributed by atoms with E-state index in [1.165, 1.54) is 10.7 Å². The predicted molar refractivity (Wildman–Crippen MR) is 75.2 cm³/mol. The summed E-state index contributed by atoms with van der Waals surface area (Å²) in [4.78, 5) is 2.17. The lowest BCUT2D eigenvalue weighted by Gasteiger charge is -2.49. The molecule has 1 rings (SSSR count). The Labute approximate surface area is 112 Å². The van der Waals surface area contributed by atoms with Crippen LogP contribution < -0.4 is 5.32 Å². The minimum atomic E-state index is -3.20. The van der Waals surface area contributed by atoms with Crippen molar-refractivity contribution in [1.82, 2.24) is 14.5 Å². The normalized spacial score (nSPS) is 21.1. The number of hydrogen-bond donors (Lipinski definition) is 1. The van der Waals surface area contributed by atoms with E-state index >= 15 is 0 Å². The number of rotatable bonds is 7. The van der Waals surface area contributed by atoms with E-state index in [4.69, 9.17) is 0 Å². The fraction of sp³-hybridized carbons (Fsp3) is 1.00. The number of nitrogens with one attached hydrogen (secondary N) is 1. The molecule has 1 saturated carbocycles. The van der Waals surface area contributed by atoms with Crippen molar-refractivity contribution in [2.45, 2.75) is 37.0 Å². The summed E-state index contributed by atoms with van der Waals surface area (Å²) in [6.07, 6.45) is 3.36. The second kappa shape index (κ2) is 5.86. The molecule has 1 aliphatic carbocycles. The molecular weight excluding hydrogens is 250 g/mol. The summed E-state index contributed by atoms with van der Waals surface area (Å²) in [5.74, 6) is 0. The van der Waals surface area contributed by atoms with Gasteiger partial charge in [-0.25, -0.2) is 12.7 Å². The Hall–Kier alpha value is -0.170. The molecule has 1 aliphatic rings. The van der Waals surface area contributed by atoms with Crippen molar-refractivity contribution in [3.05, 3.63) is 0 Å². The highest BCUT2D eigenvalue weighted by atomic mass is 32.2. The van der Waals surface area contributed by atoms with Gasteiger partial charge in [0.05, 0.1) is 5.25 Å². The monoisotopic (exact) mass is 277 g/mol. The maximum atomic E-state index is 12.3. The van der Waals surface area contributed by atoms with Gasteiger partial charge in [0.25, 0.3) is 0 Å². The molecule has 1 unspecified atom stereocenters. The molecule has 5 nitrogen and oxygen atoms in total. The Bertz CT molecular complexity index is 364. The molecular formula is C12H27N3O2S. The van der Waals surface area contributed by atoms with E-state index in [0.717, 1.165) is 12.8 Å². The van der Waals surface area contributed by atoms with Gasteiger partial charge in [-0.15, -0.1) is 0 Å². The van der Waals surface area contributed by atoms with Gasteiger partial charge in [-0.3, -0.25) is 0 Å². The van der Waals surface area contributed by atoms with Crippen LogP contribution in [0.15, 0.2) is 0 Å². The molecule has 0 aromatic heterocycles. The predicted octanol–water partition coefficient (Wildman–Crippen LogP) is 0.340. The summed E-state index contributed by atoms with van der Waals surface area (Å²) in [5.41, 5.74) is 0.0428. The fourth-order valence-corrected chi connectivity index (χ4v) is 3.95. The van der Waals surface area contributed by atoms with Crippen LogP contribution in [-0.4, -0.2) is 69.7 Å². The van der Waals surface area contributed by atoms with Crippen LogP contribution in [0.25, 0.3) is 0 Å². The highest BCUT2D eigenvalue weighted by Gasteiger charge is 2.42. The number of hydrogen-bond acceptors (Lipinski definition) is 4. The van der Waals surface area contributed by atoms with Gasteiger partial charge in [0, 0.05) is 25.7 Å². The summed E-state index contributed by atoms with van der Waals surface area (Å²) in [7, 11) is 4.35. The third-order valence-electron chi connectivity index (χ3n) is 4.18. The molecule has 108 valence electrons. The van der Waals surface area contributed by atoms with Gasteiger partial charge in [0.1, 0.15) is 0 Å². The Kier molecular flexibility index (Phi) is 5.17. The van der Waals surface area contributed by atoms with Crippen molar-refractivity contribution < 1.29 is 8.42 Å². The van der Waals surface area contributed by atoms with Crippen LogP contribution in [-0.2, 0) is 10.0 Å². The minimum absolute atomic E-state index is 0.0428. The lowest BCUT2D eigenvalue weighted by molar-refractivity contribution is 0.0453. The molecule has 1 atom stereocenters. The second-order valence-electron chi connectivity index (χ2n) is 5.64. The largest absolute Gasteiger partial charge is 0.318 e. The number of sulfonamides is 1. The Morgan fingerprint density at radius 2 is 1.83 bits per heavy atom. The molecule has 0 bridgehead atoms. The SMILES string of the molecule is CNCC(C)S(=O)(=O)N(C)CC1(N(C)C)CCC1. The quantitative estimate of drug-likeness (QED) is 0.729. The molecule has 0 radical (unpaired) electrons. The molecule has 1 fully saturated rings. The summed E-state index contributed by atoms with van der Waals surface area (Å²) in [6.45, 7) is 2.84. The maximum absolute atomic E-state index is 12.3. The lowest BCUT2D eigenvalue weighted by Crippen LogP contribution is -2.58. The summed E-state index contributed by atoms with van der Waals surface area (Å²) in [6, 6.07) is 0. The standard InChI is InChI=1S/C12H27N3O2S/c1-11(9-13-2)18(16,17)15(5)10-12(14(3)4)7-6-8-12/h11,13H,6-10H2,1-5H3. The van der Waals surface area contributed by atoms with E-state index in [0.29, 0.717) is 13.1 Å². The van der Waals surface area contributed by atoms with Crippen LogP contribution >= 0.6 is 0 Å². The second-order valence-corrected chi connectivity index (χ2v) is 8.10. The topological polar surface area (TPSA) is 52.7 Å². The van der Waals surface area contributed by atoms with E-state index in [-0.39, 0.29) is 10.8 Å². The highest BCUT2D eigenvalue weighted by Crippen LogP contribution is 2.37. The van der Waals surface area contributed by atoms with E-state index in [2.05, 4.69) is 10.2 Å². The lowest BCUT2D eigenvalue weighted by atomic mass is 9.75. The van der Waals surface area contributed by atoms with E-state index in [1.54, 1.807) is 21.0 Å². The Morgan fingerprint density at radius 1 is 1.28 bits per heavy atom. The van der Waals surface area contributed by atoms with Crippen molar-refractivity contribution in [2.75, 3.05) is 41.3 Å². The van der Waals surface area contributed by atoms with E-state index < -0.39 is 10.0 Å². The van der Waals surface area contributed by atoms with Crippen LogP contribution in [0.2, 0.25) is 0 Å². The molecule has 0 aromatic carbocycles. The van der Waals surface area contributed by atoms with Crippen molar-refractivity contribution in [1.29, 1.82) is 0 Å². The van der Waals surface area contributed by atoms with Gasteiger partial charge in [0.15, 0.2) is 0 Å². The van der Waals surface area contributed by atoms with Gasteiger partial charge in [0.2, 0.25) is 10.0 Å². The summed E-state index contributed by atoms with van der Waals surface area (Å²) >= 11 is 0. The van der Waals surface area contributed by atoms with Crippen LogP contribution in [0.1, 0.15) is 26.2 Å². The first-order valence-corrected chi connectivity index (χ1v) is 8.04. The average Bonchev–Trinajstić information content (AvgIpc) is 2.22. The molecule has 1 N–H and O–H groups in total. The highest BCUT2D eigenvalue weighted by molar-refractivity contribution is 7.89. The number of likely N-dealkylation sites (N-methyl/N-ethyl adjacent to an activating group) is 2. The van der Waals surface area contributed by atoms with E-state index in [9.17, 15) is 8.42 Å². The van der Waals surface area contributed by atoms with Gasteiger partial charge in [-0.05, 0) is 47.3 Å². The molecule has 0 aliphatic heterocycles. The zero-order chi connectivity index (χ0) is 14.0. The van der Waals surface area contributed by atoms with Crippen molar-refractivity contribution in [2.24, 2.45) is 0 Å². The van der Waals surface area contributed by atoms with Crippen LogP contribution in [0.3, 0.4) is 0 Å². The Balaban J connectivity index is 2.72. The van der Waals surface area contributed by atoms with Gasteiger partial charge in [-0.2, -0.15) is 0 Å². The van der Waals surface area contributed by atoms with Gasteiger partial charge < -0.3 is 10.2 Å². The van der Waals surface area contributed by atoms with Gasteiger partial charge in [-0.1, -0.05) is 0 Å². The van der Waals surface area contributed by atoms with Crippen LogP contribution in [0, 0.1) is 0 Å². The zero-order valence-electron chi connectivity index (χ0n) is 12.2. The summed E-state index contributed by atoms with van der Waals surface area (Å²) < 4.78 is 26.2. The molecule has 0 saturated heterocycles. The smallest absolute Gasteiger partial charge is 0.217 e. The minimum Gasteiger partial charge on any atom is -0.318 e. The first kappa shape index (κ1) is 15.9. The molecule has 18 heavy (non-hydrogen) atoms. The van der Waals surface area contributed by atoms with Crippen molar-refractivity contribution >= 4 is 10.0 Å². The third kappa shape index (κ3) is 3.04. The zero-order valence-corrected chi connectivity index (χ0v) is 13.0. The van der Waals surface area contributed by atoms with Crippen molar-refractivity contribution in [3.63, 3.8) is 0 Å². The molecule has 0 heterocycles. The summed E-state index contributed by atoms with van der Waals surface area (Å²) in [5, 5.41) is 2.54. The first-order chi connectivity index (χ1) is 8.26. The fourth-order valence-electron chi connectivity index (χ4n) is 2.54. The maximum Gasteiger partial charge on any atom is 0.217 e. The van der Waals surface area contributed by atoms with E-state index in [1.807, 2.05) is 14.1 Å². The van der Waals surface area contributed by atoms with Crippen molar-refractivity contribution in [3.8, 4) is 0 Å². The van der Waals surface area contributed by atoms with Crippen LogP contribution in [0.4, 0.5) is 0 Å². The van der Waals surface area contributed by atoms with Gasteiger partial charge >= 0.3 is 0 Å². The number of nitrogens with zero attached hydrogens (tertiary/aromatic N) is 2. The average molecular weight is 277 g/mol. The third-order valence-corrected chi connectivity index (χ3v) is 6.37.